The summed E-state index contributed by atoms with van der Waals surface area (Å²) >= 11 is 3.25. The molecule has 0 aliphatic carbocycles. The SMILES string of the molecule is CC1CCCN(CC(=O)Nc2ccc([N+](=O)[O-])cc2Br)C1. The van der Waals surface area contributed by atoms with Gasteiger partial charge in [-0.2, -0.15) is 0 Å². The minimum Gasteiger partial charge on any atom is -0.324 e. The average molecular weight is 356 g/mol. The number of likely N-dealkylation sites (tertiary alicyclic amines) is 1. The standard InChI is InChI=1S/C14H18BrN3O3/c1-10-3-2-6-17(8-10)9-14(19)16-13-5-4-11(18(20)21)7-12(13)15/h4-5,7,10H,2-3,6,8-9H2,1H3,(H,16,19). The molecule has 2 rings (SSSR count). The van der Waals surface area contributed by atoms with E-state index in [1.807, 2.05) is 0 Å². The van der Waals surface area contributed by atoms with Crippen LogP contribution in [0, 0.1) is 16.0 Å². The van der Waals surface area contributed by atoms with Gasteiger partial charge >= 0.3 is 0 Å². The van der Waals surface area contributed by atoms with Crippen LogP contribution in [0.3, 0.4) is 0 Å². The molecule has 0 spiro atoms. The Balaban J connectivity index is 1.94. The minimum atomic E-state index is -0.467. The summed E-state index contributed by atoms with van der Waals surface area (Å²) in [7, 11) is 0. The highest BCUT2D eigenvalue weighted by atomic mass is 79.9. The van der Waals surface area contributed by atoms with Crippen molar-refractivity contribution in [2.45, 2.75) is 19.8 Å². The molecule has 1 N–H and O–H groups in total. The maximum Gasteiger partial charge on any atom is 0.270 e. The van der Waals surface area contributed by atoms with E-state index in [9.17, 15) is 14.9 Å². The highest BCUT2D eigenvalue weighted by Gasteiger charge is 2.19. The molecule has 0 saturated carbocycles. The number of halogens is 1. The molecule has 21 heavy (non-hydrogen) atoms. The average Bonchev–Trinajstić information content (AvgIpc) is 2.40. The van der Waals surface area contributed by atoms with E-state index in [1.165, 1.54) is 18.6 Å². The summed E-state index contributed by atoms with van der Waals surface area (Å²) in [6.07, 6.45) is 2.34. The molecule has 1 saturated heterocycles. The van der Waals surface area contributed by atoms with Gasteiger partial charge in [0.25, 0.3) is 5.69 Å². The van der Waals surface area contributed by atoms with Crippen molar-refractivity contribution in [3.05, 3.63) is 32.8 Å². The fraction of sp³-hybridized carbons (Fsp3) is 0.500. The summed E-state index contributed by atoms with van der Waals surface area (Å²) in [6.45, 7) is 4.43. The molecular formula is C14H18BrN3O3. The van der Waals surface area contributed by atoms with Gasteiger partial charge in [-0.3, -0.25) is 19.8 Å². The molecule has 114 valence electrons. The van der Waals surface area contributed by atoms with Crippen LogP contribution in [0.5, 0.6) is 0 Å². The van der Waals surface area contributed by atoms with E-state index in [4.69, 9.17) is 0 Å². The predicted octanol–water partition coefficient (Wildman–Crippen LogP) is 3.03. The second-order valence-corrected chi connectivity index (χ2v) is 6.31. The number of nitrogens with zero attached hydrogens (tertiary/aromatic N) is 2. The van der Waals surface area contributed by atoms with Crippen molar-refractivity contribution in [1.29, 1.82) is 0 Å². The Hall–Kier alpha value is -1.47. The van der Waals surface area contributed by atoms with Crippen molar-refractivity contribution in [1.82, 2.24) is 4.90 Å². The maximum absolute atomic E-state index is 12.1. The summed E-state index contributed by atoms with van der Waals surface area (Å²) < 4.78 is 0.511. The molecule has 0 aromatic heterocycles. The lowest BCUT2D eigenvalue weighted by molar-refractivity contribution is -0.384. The van der Waals surface area contributed by atoms with Crippen LogP contribution in [0.2, 0.25) is 0 Å². The number of benzene rings is 1. The van der Waals surface area contributed by atoms with E-state index in [2.05, 4.69) is 33.1 Å². The molecule has 1 aliphatic rings. The van der Waals surface area contributed by atoms with Gasteiger partial charge < -0.3 is 5.32 Å². The Labute approximate surface area is 131 Å². The normalized spacial score (nSPS) is 19.2. The Morgan fingerprint density at radius 3 is 2.95 bits per heavy atom. The number of carbonyl (C=O) groups is 1. The van der Waals surface area contributed by atoms with Gasteiger partial charge in [0.2, 0.25) is 5.91 Å². The lowest BCUT2D eigenvalue weighted by atomic mass is 10.0. The van der Waals surface area contributed by atoms with E-state index >= 15 is 0 Å². The van der Waals surface area contributed by atoms with Crippen LogP contribution >= 0.6 is 15.9 Å². The van der Waals surface area contributed by atoms with E-state index in [0.29, 0.717) is 22.6 Å². The highest BCUT2D eigenvalue weighted by Crippen LogP contribution is 2.27. The van der Waals surface area contributed by atoms with Gasteiger partial charge in [0.15, 0.2) is 0 Å². The Kier molecular flexibility index (Phi) is 5.30. The summed E-state index contributed by atoms with van der Waals surface area (Å²) in [5, 5.41) is 13.5. The van der Waals surface area contributed by atoms with Crippen molar-refractivity contribution < 1.29 is 9.72 Å². The molecule has 6 nitrogen and oxygen atoms in total. The lowest BCUT2D eigenvalue weighted by Gasteiger charge is -2.30. The van der Waals surface area contributed by atoms with E-state index in [1.54, 1.807) is 6.07 Å². The molecule has 1 fully saturated rings. The monoisotopic (exact) mass is 355 g/mol. The number of rotatable bonds is 4. The first kappa shape index (κ1) is 15.9. The molecule has 1 aromatic rings. The summed E-state index contributed by atoms with van der Waals surface area (Å²) in [4.78, 5) is 24.4. The van der Waals surface area contributed by atoms with E-state index in [-0.39, 0.29) is 11.6 Å². The van der Waals surface area contributed by atoms with Crippen LogP contribution < -0.4 is 5.32 Å². The molecule has 1 unspecified atom stereocenters. The van der Waals surface area contributed by atoms with Gasteiger partial charge in [-0.1, -0.05) is 6.92 Å². The third-order valence-corrected chi connectivity index (χ3v) is 4.20. The van der Waals surface area contributed by atoms with Gasteiger partial charge in [-0.05, 0) is 47.3 Å². The number of piperidine rings is 1. The lowest BCUT2D eigenvalue weighted by Crippen LogP contribution is -2.39. The van der Waals surface area contributed by atoms with Gasteiger partial charge in [-0.15, -0.1) is 0 Å². The zero-order valence-corrected chi connectivity index (χ0v) is 13.4. The van der Waals surface area contributed by atoms with Crippen LogP contribution in [-0.4, -0.2) is 35.4 Å². The molecule has 0 bridgehead atoms. The third kappa shape index (κ3) is 4.50. The van der Waals surface area contributed by atoms with Crippen molar-refractivity contribution in [2.75, 3.05) is 25.0 Å². The minimum absolute atomic E-state index is 0.00951. The van der Waals surface area contributed by atoms with Crippen molar-refractivity contribution in [2.24, 2.45) is 5.92 Å². The third-order valence-electron chi connectivity index (χ3n) is 3.55. The second kappa shape index (κ2) is 7.00. The van der Waals surface area contributed by atoms with Crippen LogP contribution in [0.25, 0.3) is 0 Å². The van der Waals surface area contributed by atoms with Crippen LogP contribution in [0.4, 0.5) is 11.4 Å². The molecule has 1 heterocycles. The molecule has 1 amide bonds. The zero-order chi connectivity index (χ0) is 15.4. The Morgan fingerprint density at radius 2 is 2.33 bits per heavy atom. The molecule has 1 aromatic carbocycles. The number of non-ortho nitro benzene ring substituents is 1. The van der Waals surface area contributed by atoms with Gasteiger partial charge in [-0.25, -0.2) is 0 Å². The Bertz CT molecular complexity index is 550. The highest BCUT2D eigenvalue weighted by molar-refractivity contribution is 9.10. The number of nitro groups is 1. The molecular weight excluding hydrogens is 338 g/mol. The first-order valence-electron chi connectivity index (χ1n) is 6.92. The second-order valence-electron chi connectivity index (χ2n) is 5.45. The number of anilines is 1. The molecule has 1 aliphatic heterocycles. The number of amides is 1. The van der Waals surface area contributed by atoms with Crippen molar-refractivity contribution >= 4 is 33.2 Å². The quantitative estimate of drug-likeness (QED) is 0.665. The molecule has 1 atom stereocenters. The maximum atomic E-state index is 12.1. The van der Waals surface area contributed by atoms with Crippen molar-refractivity contribution in [3.63, 3.8) is 0 Å². The smallest absolute Gasteiger partial charge is 0.270 e. The summed E-state index contributed by atoms with van der Waals surface area (Å²) in [6, 6.07) is 4.31. The van der Waals surface area contributed by atoms with Crippen LogP contribution in [0.15, 0.2) is 22.7 Å². The van der Waals surface area contributed by atoms with E-state index < -0.39 is 4.92 Å². The van der Waals surface area contributed by atoms with E-state index in [0.717, 1.165) is 19.5 Å². The number of hydrogen-bond acceptors (Lipinski definition) is 4. The first-order chi connectivity index (χ1) is 9.95. The fourth-order valence-electron chi connectivity index (χ4n) is 2.54. The molecule has 7 heteroatoms. The number of carbonyl (C=O) groups excluding carboxylic acids is 1. The van der Waals surface area contributed by atoms with Crippen LogP contribution in [0.1, 0.15) is 19.8 Å². The van der Waals surface area contributed by atoms with Gasteiger partial charge in [0.1, 0.15) is 0 Å². The first-order valence-corrected chi connectivity index (χ1v) is 7.71. The van der Waals surface area contributed by atoms with Crippen molar-refractivity contribution in [3.8, 4) is 0 Å². The van der Waals surface area contributed by atoms with Gasteiger partial charge in [0.05, 0.1) is 17.2 Å². The van der Waals surface area contributed by atoms with Crippen LogP contribution in [-0.2, 0) is 4.79 Å². The summed E-state index contributed by atoms with van der Waals surface area (Å²) in [5.74, 6) is 0.524. The Morgan fingerprint density at radius 1 is 1.57 bits per heavy atom. The number of nitro benzene ring substituents is 1. The fourth-order valence-corrected chi connectivity index (χ4v) is 3.01. The van der Waals surface area contributed by atoms with Gasteiger partial charge in [0, 0.05) is 23.2 Å². The predicted molar refractivity (Wildman–Crippen MR) is 84.3 cm³/mol. The topological polar surface area (TPSA) is 75.5 Å². The zero-order valence-electron chi connectivity index (χ0n) is 11.8. The summed E-state index contributed by atoms with van der Waals surface area (Å²) in [5.41, 5.74) is 0.542. The largest absolute Gasteiger partial charge is 0.324 e. The number of nitrogens with one attached hydrogen (secondary N) is 1. The molecule has 0 radical (unpaired) electrons. The number of hydrogen-bond donors (Lipinski definition) is 1.